The highest BCUT2D eigenvalue weighted by Crippen LogP contribution is 2.26. The molecule has 1 N–H and O–H groups in total. The first-order chi connectivity index (χ1) is 8.58. The van der Waals surface area contributed by atoms with Crippen LogP contribution in [-0.4, -0.2) is 23.1 Å². The first-order valence-corrected chi connectivity index (χ1v) is 7.43. The van der Waals surface area contributed by atoms with Gasteiger partial charge in [0.05, 0.1) is 0 Å². The number of nitrogens with one attached hydrogen (secondary N) is 1. The minimum absolute atomic E-state index is 0.0857. The highest BCUT2D eigenvalue weighted by molar-refractivity contribution is 8.00. The van der Waals surface area contributed by atoms with Gasteiger partial charge in [-0.2, -0.15) is 11.8 Å². The van der Waals surface area contributed by atoms with Crippen molar-refractivity contribution in [3.05, 3.63) is 35.4 Å². The molecule has 0 spiro atoms. The van der Waals surface area contributed by atoms with Gasteiger partial charge in [0, 0.05) is 22.9 Å². The molecule has 1 aliphatic rings. The molecule has 3 atom stereocenters. The molecule has 1 aliphatic heterocycles. The molecule has 1 nitrogen and oxygen atoms in total. The van der Waals surface area contributed by atoms with Crippen molar-refractivity contribution in [1.29, 1.82) is 0 Å². The molecule has 3 unspecified atom stereocenters. The fourth-order valence-corrected chi connectivity index (χ4v) is 3.62. The van der Waals surface area contributed by atoms with E-state index in [2.05, 4.69) is 12.2 Å². The largest absolute Gasteiger partial charge is 0.310 e. The third-order valence-electron chi connectivity index (χ3n) is 3.45. The first kappa shape index (κ1) is 13.8. The van der Waals surface area contributed by atoms with Crippen molar-refractivity contribution in [2.45, 2.75) is 44.0 Å². The standard InChI is InChI=1S/C14H19F2NS/c1-9(17-14-6-7-18-10(14)2)8-11-12(15)4-3-5-13(11)16/h3-5,9-10,14,17H,6-8H2,1-2H3. The second-order valence-corrected chi connectivity index (χ2v) is 6.43. The molecule has 0 saturated carbocycles. The summed E-state index contributed by atoms with van der Waals surface area (Å²) in [6, 6.07) is 4.59. The number of hydrogen-bond donors (Lipinski definition) is 1. The molecule has 0 radical (unpaired) electrons. The van der Waals surface area contributed by atoms with Crippen LogP contribution in [0.4, 0.5) is 8.78 Å². The van der Waals surface area contributed by atoms with Gasteiger partial charge in [-0.25, -0.2) is 8.78 Å². The maximum Gasteiger partial charge on any atom is 0.129 e. The maximum atomic E-state index is 13.5. The van der Waals surface area contributed by atoms with Gasteiger partial charge in [0.25, 0.3) is 0 Å². The topological polar surface area (TPSA) is 12.0 Å². The second kappa shape index (κ2) is 6.02. The van der Waals surface area contributed by atoms with E-state index in [0.29, 0.717) is 17.7 Å². The van der Waals surface area contributed by atoms with E-state index in [4.69, 9.17) is 0 Å². The smallest absolute Gasteiger partial charge is 0.129 e. The minimum Gasteiger partial charge on any atom is -0.310 e. The first-order valence-electron chi connectivity index (χ1n) is 6.38. The number of benzene rings is 1. The summed E-state index contributed by atoms with van der Waals surface area (Å²) >= 11 is 1.95. The normalized spacial score (nSPS) is 25.3. The zero-order chi connectivity index (χ0) is 13.1. The average Bonchev–Trinajstić information content (AvgIpc) is 2.70. The van der Waals surface area contributed by atoms with Crippen molar-refractivity contribution in [1.82, 2.24) is 5.32 Å². The second-order valence-electron chi connectivity index (χ2n) is 4.94. The van der Waals surface area contributed by atoms with Gasteiger partial charge in [0.1, 0.15) is 11.6 Å². The molecule has 0 amide bonds. The predicted octanol–water partition coefficient (Wildman–Crippen LogP) is 3.38. The highest BCUT2D eigenvalue weighted by atomic mass is 32.2. The van der Waals surface area contributed by atoms with Crippen molar-refractivity contribution in [3.63, 3.8) is 0 Å². The van der Waals surface area contributed by atoms with E-state index in [9.17, 15) is 8.78 Å². The molecule has 1 fully saturated rings. The van der Waals surface area contributed by atoms with Gasteiger partial charge in [-0.05, 0) is 37.7 Å². The monoisotopic (exact) mass is 271 g/mol. The lowest BCUT2D eigenvalue weighted by Gasteiger charge is -2.22. The molecular weight excluding hydrogens is 252 g/mol. The van der Waals surface area contributed by atoms with E-state index in [0.717, 1.165) is 6.42 Å². The number of rotatable bonds is 4. The summed E-state index contributed by atoms with van der Waals surface area (Å²) in [5, 5.41) is 4.06. The Balaban J connectivity index is 1.96. The van der Waals surface area contributed by atoms with Crippen LogP contribution in [0.2, 0.25) is 0 Å². The van der Waals surface area contributed by atoms with Gasteiger partial charge < -0.3 is 5.32 Å². The molecule has 1 saturated heterocycles. The fraction of sp³-hybridized carbons (Fsp3) is 0.571. The fourth-order valence-electron chi connectivity index (χ4n) is 2.41. The SMILES string of the molecule is CC(Cc1c(F)cccc1F)NC1CCSC1C. The molecule has 2 rings (SSSR count). The Morgan fingerprint density at radius 2 is 2.06 bits per heavy atom. The summed E-state index contributed by atoms with van der Waals surface area (Å²) in [6.45, 7) is 4.19. The van der Waals surface area contributed by atoms with Gasteiger partial charge in [-0.1, -0.05) is 13.0 Å². The van der Waals surface area contributed by atoms with Gasteiger partial charge in [0.2, 0.25) is 0 Å². The molecule has 0 aliphatic carbocycles. The summed E-state index contributed by atoms with van der Waals surface area (Å²) in [5.41, 5.74) is 0.191. The van der Waals surface area contributed by atoms with Gasteiger partial charge in [-0.15, -0.1) is 0 Å². The molecule has 0 aromatic heterocycles. The molecule has 1 aromatic rings. The Hall–Kier alpha value is -0.610. The zero-order valence-corrected chi connectivity index (χ0v) is 11.6. The third-order valence-corrected chi connectivity index (χ3v) is 4.77. The molecule has 0 bridgehead atoms. The number of halogens is 2. The Bertz CT molecular complexity index is 391. The molecule has 100 valence electrons. The van der Waals surface area contributed by atoms with Crippen molar-refractivity contribution < 1.29 is 8.78 Å². The highest BCUT2D eigenvalue weighted by Gasteiger charge is 2.25. The molecular formula is C14H19F2NS. The van der Waals surface area contributed by atoms with Gasteiger partial charge in [0.15, 0.2) is 0 Å². The van der Waals surface area contributed by atoms with Crippen LogP contribution in [0.3, 0.4) is 0 Å². The summed E-state index contributed by atoms with van der Waals surface area (Å²) in [7, 11) is 0. The van der Waals surface area contributed by atoms with Crippen LogP contribution in [0.15, 0.2) is 18.2 Å². The van der Waals surface area contributed by atoms with Crippen LogP contribution in [0.5, 0.6) is 0 Å². The van der Waals surface area contributed by atoms with Crippen molar-refractivity contribution in [2.75, 3.05) is 5.75 Å². The van der Waals surface area contributed by atoms with Gasteiger partial charge >= 0.3 is 0 Å². The van der Waals surface area contributed by atoms with Crippen LogP contribution in [0, 0.1) is 11.6 Å². The van der Waals surface area contributed by atoms with Crippen LogP contribution in [0.25, 0.3) is 0 Å². The van der Waals surface area contributed by atoms with E-state index >= 15 is 0 Å². The van der Waals surface area contributed by atoms with E-state index in [1.807, 2.05) is 18.7 Å². The Labute approximate surface area is 111 Å². The Morgan fingerprint density at radius 1 is 1.39 bits per heavy atom. The summed E-state index contributed by atoms with van der Waals surface area (Å²) in [5.74, 6) is 0.273. The summed E-state index contributed by atoms with van der Waals surface area (Å²) < 4.78 is 27.1. The molecule has 1 aromatic carbocycles. The van der Waals surface area contributed by atoms with E-state index in [1.165, 1.54) is 24.0 Å². The lowest BCUT2D eigenvalue weighted by atomic mass is 10.0. The number of hydrogen-bond acceptors (Lipinski definition) is 2. The van der Waals surface area contributed by atoms with Crippen molar-refractivity contribution >= 4 is 11.8 Å². The third kappa shape index (κ3) is 3.23. The minimum atomic E-state index is -0.447. The van der Waals surface area contributed by atoms with Crippen molar-refractivity contribution in [2.24, 2.45) is 0 Å². The van der Waals surface area contributed by atoms with Crippen LogP contribution >= 0.6 is 11.8 Å². The van der Waals surface area contributed by atoms with Crippen molar-refractivity contribution in [3.8, 4) is 0 Å². The maximum absolute atomic E-state index is 13.5. The average molecular weight is 271 g/mol. The quantitative estimate of drug-likeness (QED) is 0.901. The van der Waals surface area contributed by atoms with Crippen LogP contribution in [0.1, 0.15) is 25.8 Å². The summed E-state index contributed by atoms with van der Waals surface area (Å²) in [4.78, 5) is 0. The zero-order valence-electron chi connectivity index (χ0n) is 10.7. The molecule has 1 heterocycles. The number of thioether (sulfide) groups is 1. The van der Waals surface area contributed by atoms with Gasteiger partial charge in [-0.3, -0.25) is 0 Å². The molecule has 18 heavy (non-hydrogen) atoms. The lowest BCUT2D eigenvalue weighted by molar-refractivity contribution is 0.430. The Kier molecular flexibility index (Phi) is 4.62. The lowest BCUT2D eigenvalue weighted by Crippen LogP contribution is -2.41. The predicted molar refractivity (Wildman–Crippen MR) is 73.0 cm³/mol. The van der Waals surface area contributed by atoms with E-state index in [-0.39, 0.29) is 11.6 Å². The summed E-state index contributed by atoms with van der Waals surface area (Å²) in [6.07, 6.45) is 1.53. The van der Waals surface area contributed by atoms with E-state index < -0.39 is 11.6 Å². The molecule has 4 heteroatoms. The van der Waals surface area contributed by atoms with E-state index in [1.54, 1.807) is 0 Å². The van der Waals surface area contributed by atoms with Crippen LogP contribution < -0.4 is 5.32 Å². The Morgan fingerprint density at radius 3 is 2.61 bits per heavy atom. The van der Waals surface area contributed by atoms with Crippen LogP contribution in [-0.2, 0) is 6.42 Å².